The van der Waals surface area contributed by atoms with Crippen molar-refractivity contribution in [1.29, 1.82) is 0 Å². The van der Waals surface area contributed by atoms with Crippen LogP contribution in [0.2, 0.25) is 5.02 Å². The van der Waals surface area contributed by atoms with Crippen LogP contribution in [0.1, 0.15) is 30.6 Å². The van der Waals surface area contributed by atoms with Crippen molar-refractivity contribution in [2.24, 2.45) is 0 Å². The molecule has 3 rings (SSSR count). The number of hydrogen-bond donors (Lipinski definition) is 2. The highest BCUT2D eigenvalue weighted by molar-refractivity contribution is 7.99. The summed E-state index contributed by atoms with van der Waals surface area (Å²) in [4.78, 5) is 28.8. The van der Waals surface area contributed by atoms with Gasteiger partial charge in [-0.3, -0.25) is 9.59 Å². The minimum Gasteiger partial charge on any atom is -0.386 e. The Balaban J connectivity index is 1.78. The topological polar surface area (TPSA) is 71.1 Å². The van der Waals surface area contributed by atoms with Crippen LogP contribution in [0, 0.1) is 0 Å². The lowest BCUT2D eigenvalue weighted by atomic mass is 10.2. The molecule has 1 heterocycles. The quantitative estimate of drug-likeness (QED) is 0.417. The molecule has 11 heteroatoms. The van der Waals surface area contributed by atoms with Crippen molar-refractivity contribution < 1.29 is 22.8 Å². The highest BCUT2D eigenvalue weighted by Crippen LogP contribution is 2.40. The van der Waals surface area contributed by atoms with Crippen LogP contribution in [0.15, 0.2) is 52.4 Å². The first kappa shape index (κ1) is 23.1. The summed E-state index contributed by atoms with van der Waals surface area (Å²) in [7, 11) is 1.65. The molecule has 0 aliphatic rings. The van der Waals surface area contributed by atoms with E-state index in [0.717, 1.165) is 17.4 Å². The minimum absolute atomic E-state index is 0.110. The average Bonchev–Trinajstić information content (AvgIpc) is 3.22. The number of alkyl halides is 3. The Morgan fingerprint density at radius 2 is 1.97 bits per heavy atom. The summed E-state index contributed by atoms with van der Waals surface area (Å²) in [5, 5.41) is 4.71. The Morgan fingerprint density at radius 3 is 2.61 bits per heavy atom. The zero-order valence-electron chi connectivity index (χ0n) is 15.9. The smallest absolute Gasteiger partial charge is 0.386 e. The van der Waals surface area contributed by atoms with Crippen LogP contribution in [0.4, 0.5) is 18.9 Å². The summed E-state index contributed by atoms with van der Waals surface area (Å²) in [5.41, 5.74) is 1.19. The van der Waals surface area contributed by atoms with E-state index in [1.165, 1.54) is 17.8 Å². The Kier molecular flexibility index (Phi) is 7.24. The van der Waals surface area contributed by atoms with E-state index < -0.39 is 17.1 Å². The molecule has 0 unspecified atom stereocenters. The zero-order valence-corrected chi connectivity index (χ0v) is 18.3. The molecule has 0 saturated heterocycles. The fourth-order valence-corrected chi connectivity index (χ4v) is 4.80. The third kappa shape index (κ3) is 5.38. The first-order chi connectivity index (χ1) is 14.7. The maximum Gasteiger partial charge on any atom is 0.443 e. The summed E-state index contributed by atoms with van der Waals surface area (Å²) in [6.45, 7) is -0.110. The average molecular weight is 486 g/mol. The molecule has 0 bridgehead atoms. The van der Waals surface area contributed by atoms with Crippen LogP contribution in [0.3, 0.4) is 0 Å². The molecule has 0 saturated carbocycles. The van der Waals surface area contributed by atoms with Crippen molar-refractivity contribution >= 4 is 52.6 Å². The van der Waals surface area contributed by atoms with E-state index in [9.17, 15) is 22.8 Å². The minimum atomic E-state index is -4.52. The highest BCUT2D eigenvalue weighted by Gasteiger charge is 2.34. The molecule has 2 N–H and O–H groups in total. The van der Waals surface area contributed by atoms with Crippen LogP contribution >= 0.6 is 34.7 Å². The summed E-state index contributed by atoms with van der Waals surface area (Å²) < 4.78 is 38.0. The van der Waals surface area contributed by atoms with Gasteiger partial charge < -0.3 is 10.6 Å². The van der Waals surface area contributed by atoms with Crippen LogP contribution in [0.5, 0.6) is 0 Å². The molecule has 0 atom stereocenters. The molecule has 2 aromatic carbocycles. The number of amides is 1. The summed E-state index contributed by atoms with van der Waals surface area (Å²) >= 11 is 8.21. The van der Waals surface area contributed by atoms with Gasteiger partial charge in [0.15, 0.2) is 11.3 Å². The number of nitrogens with one attached hydrogen (secondary N) is 2. The highest BCUT2D eigenvalue weighted by atomic mass is 35.5. The van der Waals surface area contributed by atoms with Crippen molar-refractivity contribution in [1.82, 2.24) is 10.3 Å². The second-order valence-corrected chi connectivity index (χ2v) is 8.70. The molecule has 5 nitrogen and oxygen atoms in total. The SMILES string of the molecule is CNc1c(Sc2ccccc2C=O)ccc(C(=O)NCc2cnc(C(F)(F)F)s2)c1Cl. The van der Waals surface area contributed by atoms with Gasteiger partial charge in [0.2, 0.25) is 0 Å². The van der Waals surface area contributed by atoms with Crippen LogP contribution < -0.4 is 10.6 Å². The van der Waals surface area contributed by atoms with E-state index in [0.29, 0.717) is 27.5 Å². The fourth-order valence-electron chi connectivity index (χ4n) is 2.62. The maximum atomic E-state index is 12.7. The van der Waals surface area contributed by atoms with Crippen molar-refractivity contribution in [2.45, 2.75) is 22.5 Å². The Hall–Kier alpha value is -2.56. The molecule has 1 aromatic heterocycles. The predicted octanol–water partition coefficient (Wildman–Crippen LogP) is 5.75. The largest absolute Gasteiger partial charge is 0.443 e. The third-order valence-electron chi connectivity index (χ3n) is 4.08. The van der Waals surface area contributed by atoms with Crippen LogP contribution in [-0.4, -0.2) is 24.2 Å². The molecule has 162 valence electrons. The first-order valence-corrected chi connectivity index (χ1v) is 10.8. The molecule has 1 amide bonds. The van der Waals surface area contributed by atoms with Gasteiger partial charge >= 0.3 is 6.18 Å². The van der Waals surface area contributed by atoms with Gasteiger partial charge in [-0.1, -0.05) is 41.6 Å². The molecule has 31 heavy (non-hydrogen) atoms. The Labute approximate surface area is 189 Å². The number of nitrogens with zero attached hydrogens (tertiary/aromatic N) is 1. The van der Waals surface area contributed by atoms with Gasteiger partial charge in [0.05, 0.1) is 22.8 Å². The van der Waals surface area contributed by atoms with E-state index in [-0.39, 0.29) is 22.0 Å². The number of rotatable bonds is 7. The van der Waals surface area contributed by atoms with Crippen molar-refractivity contribution in [3.63, 3.8) is 0 Å². The van der Waals surface area contributed by atoms with Gasteiger partial charge in [0.25, 0.3) is 5.91 Å². The summed E-state index contributed by atoms with van der Waals surface area (Å²) in [6, 6.07) is 10.3. The number of aldehydes is 1. The molecule has 0 aliphatic carbocycles. The second-order valence-electron chi connectivity index (χ2n) is 6.12. The molecule has 0 fully saturated rings. The van der Waals surface area contributed by atoms with Gasteiger partial charge in [-0.2, -0.15) is 13.2 Å². The van der Waals surface area contributed by atoms with Gasteiger partial charge in [-0.05, 0) is 18.2 Å². The maximum absolute atomic E-state index is 12.7. The Morgan fingerprint density at radius 1 is 1.23 bits per heavy atom. The number of carbonyl (C=O) groups excluding carboxylic acids is 2. The zero-order chi connectivity index (χ0) is 22.6. The molecular weight excluding hydrogens is 471 g/mol. The third-order valence-corrected chi connectivity index (χ3v) is 6.67. The number of halogens is 4. The second kappa shape index (κ2) is 9.71. The van der Waals surface area contributed by atoms with Gasteiger partial charge in [-0.25, -0.2) is 4.98 Å². The molecule has 0 spiro atoms. The van der Waals surface area contributed by atoms with E-state index in [1.807, 2.05) is 0 Å². The number of anilines is 1. The monoisotopic (exact) mass is 485 g/mol. The lowest BCUT2D eigenvalue weighted by Crippen LogP contribution is -2.23. The number of carbonyl (C=O) groups is 2. The van der Waals surface area contributed by atoms with Crippen LogP contribution in [0.25, 0.3) is 0 Å². The fraction of sp³-hybridized carbons (Fsp3) is 0.150. The van der Waals surface area contributed by atoms with Gasteiger partial charge in [0, 0.05) is 33.5 Å². The summed E-state index contributed by atoms with van der Waals surface area (Å²) in [6.07, 6.45) is -2.68. The lowest BCUT2D eigenvalue weighted by Gasteiger charge is -2.15. The molecule has 0 aliphatic heterocycles. The number of benzene rings is 2. The summed E-state index contributed by atoms with van der Waals surface area (Å²) in [5.74, 6) is -0.534. The Bertz CT molecular complexity index is 1120. The standard InChI is InChI=1S/C20H15ClF3N3O2S2/c1-25-17-15(31-14-5-3-2-4-11(14)10-28)7-6-13(16(17)21)18(29)26-8-12-9-27-19(30-12)20(22,23)24/h2-7,9-10,25H,8H2,1H3,(H,26,29). The first-order valence-electron chi connectivity index (χ1n) is 8.77. The van der Waals surface area contributed by atoms with Gasteiger partial charge in [-0.15, -0.1) is 11.3 Å². The van der Waals surface area contributed by atoms with E-state index >= 15 is 0 Å². The van der Waals surface area contributed by atoms with E-state index in [2.05, 4.69) is 15.6 Å². The van der Waals surface area contributed by atoms with Crippen molar-refractivity contribution in [3.8, 4) is 0 Å². The van der Waals surface area contributed by atoms with E-state index in [4.69, 9.17) is 11.6 Å². The lowest BCUT2D eigenvalue weighted by molar-refractivity contribution is -0.137. The normalized spacial score (nSPS) is 11.3. The number of hydrogen-bond acceptors (Lipinski definition) is 6. The number of thiazole rings is 1. The van der Waals surface area contributed by atoms with Crippen LogP contribution in [-0.2, 0) is 12.7 Å². The van der Waals surface area contributed by atoms with Gasteiger partial charge in [0.1, 0.15) is 0 Å². The molecule has 3 aromatic rings. The number of aromatic nitrogens is 1. The van der Waals surface area contributed by atoms with E-state index in [1.54, 1.807) is 37.4 Å². The van der Waals surface area contributed by atoms with Crippen molar-refractivity contribution in [2.75, 3.05) is 12.4 Å². The molecular formula is C20H15ClF3N3O2S2. The predicted molar refractivity (Wildman–Crippen MR) is 115 cm³/mol. The van der Waals surface area contributed by atoms with Crippen molar-refractivity contribution in [3.05, 3.63) is 68.6 Å². The molecule has 0 radical (unpaired) electrons.